The van der Waals surface area contributed by atoms with Crippen molar-refractivity contribution in [1.82, 2.24) is 4.31 Å². The summed E-state index contributed by atoms with van der Waals surface area (Å²) in [5, 5.41) is 0. The summed E-state index contributed by atoms with van der Waals surface area (Å²) in [5.41, 5.74) is 6.21. The van der Waals surface area contributed by atoms with Gasteiger partial charge in [0.05, 0.1) is 5.75 Å². The fraction of sp³-hybridized carbons (Fsp3) is 0.429. The SMILES string of the molecule is C=CCN(C(C)C)S(=O)(=O)CCOc1cccc(N)c1. The molecule has 0 saturated heterocycles. The second-order valence-electron chi connectivity index (χ2n) is 4.69. The minimum atomic E-state index is -3.36. The Hall–Kier alpha value is -1.53. The van der Waals surface area contributed by atoms with Gasteiger partial charge in [-0.25, -0.2) is 8.42 Å². The van der Waals surface area contributed by atoms with E-state index in [1.54, 1.807) is 30.3 Å². The van der Waals surface area contributed by atoms with Crippen LogP contribution in [0.15, 0.2) is 36.9 Å². The number of hydrogen-bond acceptors (Lipinski definition) is 4. The molecule has 0 aliphatic heterocycles. The maximum absolute atomic E-state index is 12.2. The number of anilines is 1. The first-order chi connectivity index (χ1) is 9.36. The molecule has 112 valence electrons. The van der Waals surface area contributed by atoms with Crippen molar-refractivity contribution in [1.29, 1.82) is 0 Å². The van der Waals surface area contributed by atoms with E-state index in [2.05, 4.69) is 6.58 Å². The normalized spacial score (nSPS) is 11.8. The lowest BCUT2D eigenvalue weighted by Crippen LogP contribution is -2.39. The molecule has 0 aliphatic carbocycles. The Morgan fingerprint density at radius 2 is 2.15 bits per heavy atom. The number of nitrogens with two attached hydrogens (primary N) is 1. The van der Waals surface area contributed by atoms with Crippen LogP contribution in [0.1, 0.15) is 13.8 Å². The van der Waals surface area contributed by atoms with Crippen molar-refractivity contribution in [2.24, 2.45) is 0 Å². The van der Waals surface area contributed by atoms with Crippen LogP contribution in [0.4, 0.5) is 5.69 Å². The zero-order chi connectivity index (χ0) is 15.2. The molecule has 0 unspecified atom stereocenters. The van der Waals surface area contributed by atoms with Gasteiger partial charge in [0.1, 0.15) is 12.4 Å². The van der Waals surface area contributed by atoms with Gasteiger partial charge in [-0.2, -0.15) is 4.31 Å². The van der Waals surface area contributed by atoms with Crippen molar-refractivity contribution in [3.63, 3.8) is 0 Å². The number of rotatable bonds is 8. The van der Waals surface area contributed by atoms with Crippen LogP contribution in [-0.4, -0.2) is 37.7 Å². The zero-order valence-corrected chi connectivity index (χ0v) is 12.8. The first-order valence-corrected chi connectivity index (χ1v) is 8.06. The van der Waals surface area contributed by atoms with E-state index < -0.39 is 10.0 Å². The van der Waals surface area contributed by atoms with E-state index in [4.69, 9.17) is 10.5 Å². The lowest BCUT2D eigenvalue weighted by atomic mass is 10.3. The number of benzene rings is 1. The average molecular weight is 298 g/mol. The van der Waals surface area contributed by atoms with Gasteiger partial charge in [0.25, 0.3) is 0 Å². The van der Waals surface area contributed by atoms with Crippen LogP contribution in [-0.2, 0) is 10.0 Å². The second kappa shape index (κ2) is 7.31. The maximum atomic E-state index is 12.2. The molecule has 0 saturated carbocycles. The number of nitrogen functional groups attached to an aromatic ring is 1. The first-order valence-electron chi connectivity index (χ1n) is 6.45. The van der Waals surface area contributed by atoms with Crippen LogP contribution >= 0.6 is 0 Å². The Kier molecular flexibility index (Phi) is 6.04. The third-order valence-corrected chi connectivity index (χ3v) is 4.68. The van der Waals surface area contributed by atoms with E-state index in [-0.39, 0.29) is 18.4 Å². The molecule has 1 aromatic rings. The molecule has 0 bridgehead atoms. The van der Waals surface area contributed by atoms with Gasteiger partial charge in [-0.1, -0.05) is 12.1 Å². The Morgan fingerprint density at radius 1 is 1.45 bits per heavy atom. The Bertz CT molecular complexity index is 541. The summed E-state index contributed by atoms with van der Waals surface area (Å²) >= 11 is 0. The lowest BCUT2D eigenvalue weighted by molar-refractivity contribution is 0.330. The van der Waals surface area contributed by atoms with E-state index >= 15 is 0 Å². The summed E-state index contributed by atoms with van der Waals surface area (Å²) in [5.74, 6) is 0.494. The zero-order valence-electron chi connectivity index (χ0n) is 12.0. The maximum Gasteiger partial charge on any atom is 0.217 e. The number of sulfonamides is 1. The van der Waals surface area contributed by atoms with Crippen molar-refractivity contribution in [3.8, 4) is 5.75 Å². The fourth-order valence-corrected chi connectivity index (χ4v) is 3.26. The van der Waals surface area contributed by atoms with Crippen molar-refractivity contribution in [2.45, 2.75) is 19.9 Å². The van der Waals surface area contributed by atoms with Gasteiger partial charge >= 0.3 is 0 Å². The van der Waals surface area contributed by atoms with Gasteiger partial charge in [0.15, 0.2) is 0 Å². The van der Waals surface area contributed by atoms with Crippen LogP contribution in [0, 0.1) is 0 Å². The molecule has 0 fully saturated rings. The molecule has 0 aliphatic rings. The van der Waals surface area contributed by atoms with Gasteiger partial charge in [0.2, 0.25) is 10.0 Å². The minimum absolute atomic E-state index is 0.0756. The highest BCUT2D eigenvalue weighted by Crippen LogP contribution is 2.15. The van der Waals surface area contributed by atoms with Crippen LogP contribution in [0.25, 0.3) is 0 Å². The molecular formula is C14H22N2O3S. The van der Waals surface area contributed by atoms with Crippen LogP contribution in [0.5, 0.6) is 5.75 Å². The second-order valence-corrected chi connectivity index (χ2v) is 6.73. The summed E-state index contributed by atoms with van der Waals surface area (Å²) in [7, 11) is -3.36. The molecule has 0 heterocycles. The van der Waals surface area contributed by atoms with Crippen molar-refractivity contribution in [2.75, 3.05) is 24.6 Å². The molecular weight excluding hydrogens is 276 g/mol. The molecule has 20 heavy (non-hydrogen) atoms. The quantitative estimate of drug-likeness (QED) is 0.587. The Balaban J connectivity index is 2.60. The van der Waals surface area contributed by atoms with E-state index in [1.807, 2.05) is 13.8 Å². The molecule has 6 heteroatoms. The molecule has 0 radical (unpaired) electrons. The summed E-state index contributed by atoms with van der Waals surface area (Å²) < 4.78 is 31.2. The summed E-state index contributed by atoms with van der Waals surface area (Å²) in [6.45, 7) is 7.64. The summed E-state index contributed by atoms with van der Waals surface area (Å²) in [6, 6.07) is 6.81. The van der Waals surface area contributed by atoms with E-state index in [9.17, 15) is 8.42 Å². The minimum Gasteiger partial charge on any atom is -0.492 e. The molecule has 0 atom stereocenters. The standard InChI is InChI=1S/C14H22N2O3S/c1-4-8-16(12(2)3)20(17,18)10-9-19-14-7-5-6-13(15)11-14/h4-7,11-12H,1,8-10,15H2,2-3H3. The van der Waals surface area contributed by atoms with Crippen molar-refractivity contribution in [3.05, 3.63) is 36.9 Å². The van der Waals surface area contributed by atoms with E-state index in [0.717, 1.165) is 0 Å². The van der Waals surface area contributed by atoms with Crippen LogP contribution in [0.3, 0.4) is 0 Å². The molecule has 1 aromatic carbocycles. The van der Waals surface area contributed by atoms with Gasteiger partial charge < -0.3 is 10.5 Å². The number of nitrogens with zero attached hydrogens (tertiary/aromatic N) is 1. The average Bonchev–Trinajstić information content (AvgIpc) is 2.35. The monoisotopic (exact) mass is 298 g/mol. The van der Waals surface area contributed by atoms with Gasteiger partial charge in [0, 0.05) is 24.3 Å². The topological polar surface area (TPSA) is 72.6 Å². The lowest BCUT2D eigenvalue weighted by Gasteiger charge is -2.24. The molecule has 1 rings (SSSR count). The van der Waals surface area contributed by atoms with Gasteiger partial charge in [-0.15, -0.1) is 6.58 Å². The molecule has 0 amide bonds. The highest BCUT2D eigenvalue weighted by Gasteiger charge is 2.23. The smallest absolute Gasteiger partial charge is 0.217 e. The van der Waals surface area contributed by atoms with Crippen LogP contribution in [0.2, 0.25) is 0 Å². The number of hydrogen-bond donors (Lipinski definition) is 1. The Morgan fingerprint density at radius 3 is 2.70 bits per heavy atom. The molecule has 2 N–H and O–H groups in total. The number of ether oxygens (including phenoxy) is 1. The molecule has 0 spiro atoms. The van der Waals surface area contributed by atoms with Crippen molar-refractivity contribution < 1.29 is 13.2 Å². The fourth-order valence-electron chi connectivity index (χ4n) is 1.76. The Labute approximate surface area is 121 Å². The molecule has 5 nitrogen and oxygen atoms in total. The first kappa shape index (κ1) is 16.5. The summed E-state index contributed by atoms with van der Waals surface area (Å²) in [4.78, 5) is 0. The largest absolute Gasteiger partial charge is 0.492 e. The summed E-state index contributed by atoms with van der Waals surface area (Å²) in [6.07, 6.45) is 1.58. The van der Waals surface area contributed by atoms with Gasteiger partial charge in [-0.3, -0.25) is 0 Å². The third kappa shape index (κ3) is 4.86. The predicted octanol–water partition coefficient (Wildman–Crippen LogP) is 1.87. The van der Waals surface area contributed by atoms with Gasteiger partial charge in [-0.05, 0) is 26.0 Å². The highest BCUT2D eigenvalue weighted by molar-refractivity contribution is 7.89. The van der Waals surface area contributed by atoms with Crippen molar-refractivity contribution >= 4 is 15.7 Å². The molecule has 0 aromatic heterocycles. The van der Waals surface area contributed by atoms with E-state index in [0.29, 0.717) is 18.0 Å². The highest BCUT2D eigenvalue weighted by atomic mass is 32.2. The van der Waals surface area contributed by atoms with E-state index in [1.165, 1.54) is 4.31 Å². The third-order valence-electron chi connectivity index (χ3n) is 2.71. The van der Waals surface area contributed by atoms with Crippen LogP contribution < -0.4 is 10.5 Å². The predicted molar refractivity (Wildman–Crippen MR) is 82.2 cm³/mol.